The second-order valence-electron chi connectivity index (χ2n) is 12.9. The summed E-state index contributed by atoms with van der Waals surface area (Å²) in [6, 6.07) is 51.7. The Bertz CT molecular complexity index is 2490. The van der Waals surface area contributed by atoms with Crippen molar-refractivity contribution in [2.24, 2.45) is 0 Å². The summed E-state index contributed by atoms with van der Waals surface area (Å²) in [5.41, 5.74) is 13.5. The third-order valence-electron chi connectivity index (χ3n) is 9.72. The smallest absolute Gasteiger partial charge is 0.160 e. The third-order valence-corrected chi connectivity index (χ3v) is 9.72. The molecule has 2 heterocycles. The molecule has 8 aromatic rings. The lowest BCUT2D eigenvalue weighted by molar-refractivity contribution is 0.661. The van der Waals surface area contributed by atoms with Gasteiger partial charge in [0.15, 0.2) is 5.82 Å². The highest BCUT2D eigenvalue weighted by atomic mass is 14.9. The molecule has 0 saturated carbocycles. The standard InChI is InChI=1S/C44H31N3/c1-44(2)37-20-10-19-35(42(37)36-25-29-14-6-7-15-30(29)26-38(36)44)33-17-8-9-18-34(33)41-27-40(46-43(47-41)28-12-4-3-5-13-28)32-21-22-39-31(24-32)16-11-23-45-39/h3-27H,1-2H3. The predicted octanol–water partition coefficient (Wildman–Crippen LogP) is 11.2. The van der Waals surface area contributed by atoms with Crippen LogP contribution in [0.2, 0.25) is 0 Å². The molecule has 3 nitrogen and oxygen atoms in total. The number of hydrogen-bond donors (Lipinski definition) is 0. The fourth-order valence-electron chi connectivity index (χ4n) is 7.32. The van der Waals surface area contributed by atoms with E-state index in [9.17, 15) is 0 Å². The van der Waals surface area contributed by atoms with E-state index in [2.05, 4.69) is 140 Å². The number of hydrogen-bond acceptors (Lipinski definition) is 3. The molecule has 0 saturated heterocycles. The first-order valence-corrected chi connectivity index (χ1v) is 16.1. The highest BCUT2D eigenvalue weighted by Crippen LogP contribution is 2.53. The summed E-state index contributed by atoms with van der Waals surface area (Å²) < 4.78 is 0. The summed E-state index contributed by atoms with van der Waals surface area (Å²) in [7, 11) is 0. The van der Waals surface area contributed by atoms with Gasteiger partial charge in [-0.25, -0.2) is 9.97 Å². The van der Waals surface area contributed by atoms with Crippen LogP contribution >= 0.6 is 0 Å². The first kappa shape index (κ1) is 27.4. The number of aromatic nitrogens is 3. The van der Waals surface area contributed by atoms with Crippen molar-refractivity contribution in [1.29, 1.82) is 0 Å². The van der Waals surface area contributed by atoms with Crippen molar-refractivity contribution in [2.45, 2.75) is 19.3 Å². The lowest BCUT2D eigenvalue weighted by atomic mass is 9.81. The molecule has 0 amide bonds. The van der Waals surface area contributed by atoms with E-state index in [1.165, 1.54) is 38.6 Å². The summed E-state index contributed by atoms with van der Waals surface area (Å²) in [4.78, 5) is 14.9. The average Bonchev–Trinajstić information content (AvgIpc) is 3.36. The highest BCUT2D eigenvalue weighted by Gasteiger charge is 2.37. The molecule has 1 aliphatic rings. The van der Waals surface area contributed by atoms with Crippen LogP contribution in [0.15, 0.2) is 152 Å². The maximum atomic E-state index is 5.23. The Morgan fingerprint density at radius 3 is 2.00 bits per heavy atom. The minimum Gasteiger partial charge on any atom is -0.256 e. The lowest BCUT2D eigenvalue weighted by Crippen LogP contribution is -2.14. The van der Waals surface area contributed by atoms with Gasteiger partial charge in [-0.2, -0.15) is 0 Å². The molecule has 2 aromatic heterocycles. The first-order chi connectivity index (χ1) is 23.0. The fourth-order valence-corrected chi connectivity index (χ4v) is 7.32. The van der Waals surface area contributed by atoms with E-state index >= 15 is 0 Å². The van der Waals surface area contributed by atoms with Crippen LogP contribution in [0.25, 0.3) is 77.8 Å². The largest absolute Gasteiger partial charge is 0.256 e. The van der Waals surface area contributed by atoms with E-state index in [0.717, 1.165) is 44.5 Å². The Balaban J connectivity index is 1.28. The molecule has 0 radical (unpaired) electrons. The van der Waals surface area contributed by atoms with E-state index < -0.39 is 0 Å². The van der Waals surface area contributed by atoms with Gasteiger partial charge in [0.1, 0.15) is 0 Å². The number of rotatable bonds is 4. The fraction of sp³-hybridized carbons (Fsp3) is 0.0682. The molecule has 3 heteroatoms. The monoisotopic (exact) mass is 601 g/mol. The van der Waals surface area contributed by atoms with Gasteiger partial charge >= 0.3 is 0 Å². The number of fused-ring (bicyclic) bond motifs is 5. The average molecular weight is 602 g/mol. The summed E-state index contributed by atoms with van der Waals surface area (Å²) in [6.07, 6.45) is 1.83. The second kappa shape index (κ2) is 10.6. The Kier molecular flexibility index (Phi) is 6.16. The van der Waals surface area contributed by atoms with Crippen molar-refractivity contribution in [2.75, 3.05) is 0 Å². The Labute approximate surface area is 274 Å². The van der Waals surface area contributed by atoms with Crippen LogP contribution in [0.4, 0.5) is 0 Å². The van der Waals surface area contributed by atoms with Crippen LogP contribution in [0.3, 0.4) is 0 Å². The molecular weight excluding hydrogens is 571 g/mol. The van der Waals surface area contributed by atoms with Crippen molar-refractivity contribution in [3.05, 3.63) is 163 Å². The molecule has 0 bridgehead atoms. The van der Waals surface area contributed by atoms with Crippen LogP contribution in [-0.4, -0.2) is 15.0 Å². The third kappa shape index (κ3) is 4.46. The van der Waals surface area contributed by atoms with Crippen LogP contribution in [0.5, 0.6) is 0 Å². The van der Waals surface area contributed by atoms with Gasteiger partial charge < -0.3 is 0 Å². The van der Waals surface area contributed by atoms with Crippen molar-refractivity contribution < 1.29 is 0 Å². The number of benzene rings is 6. The molecule has 0 atom stereocenters. The molecule has 0 N–H and O–H groups in total. The van der Waals surface area contributed by atoms with E-state index in [0.29, 0.717) is 5.82 Å². The molecule has 6 aromatic carbocycles. The van der Waals surface area contributed by atoms with Crippen LogP contribution in [0, 0.1) is 0 Å². The zero-order valence-corrected chi connectivity index (χ0v) is 26.3. The first-order valence-electron chi connectivity index (χ1n) is 16.1. The van der Waals surface area contributed by atoms with Gasteiger partial charge in [-0.3, -0.25) is 4.98 Å². The van der Waals surface area contributed by atoms with Gasteiger partial charge in [0, 0.05) is 33.7 Å². The van der Waals surface area contributed by atoms with Crippen molar-refractivity contribution >= 4 is 21.7 Å². The number of pyridine rings is 1. The molecule has 0 unspecified atom stereocenters. The summed E-state index contributed by atoms with van der Waals surface area (Å²) in [5, 5.41) is 3.62. The van der Waals surface area contributed by atoms with Crippen LogP contribution in [-0.2, 0) is 5.41 Å². The zero-order valence-electron chi connectivity index (χ0n) is 26.3. The quantitative estimate of drug-likeness (QED) is 0.201. The minimum absolute atomic E-state index is 0.118. The van der Waals surface area contributed by atoms with E-state index in [4.69, 9.17) is 9.97 Å². The summed E-state index contributed by atoms with van der Waals surface area (Å²) >= 11 is 0. The van der Waals surface area contributed by atoms with Crippen molar-refractivity contribution in [3.8, 4) is 56.2 Å². The van der Waals surface area contributed by atoms with Crippen molar-refractivity contribution in [3.63, 3.8) is 0 Å². The number of nitrogens with zero attached hydrogens (tertiary/aromatic N) is 3. The van der Waals surface area contributed by atoms with Crippen LogP contribution in [0.1, 0.15) is 25.0 Å². The maximum Gasteiger partial charge on any atom is 0.160 e. The minimum atomic E-state index is -0.118. The molecule has 9 rings (SSSR count). The molecule has 47 heavy (non-hydrogen) atoms. The summed E-state index contributed by atoms with van der Waals surface area (Å²) in [5.74, 6) is 0.704. The van der Waals surface area contributed by atoms with E-state index in [1.54, 1.807) is 0 Å². The van der Waals surface area contributed by atoms with Gasteiger partial charge in [-0.1, -0.05) is 123 Å². The van der Waals surface area contributed by atoms with Gasteiger partial charge in [-0.05, 0) is 80.6 Å². The molecule has 0 spiro atoms. The van der Waals surface area contributed by atoms with E-state index in [1.807, 2.05) is 30.5 Å². The molecule has 222 valence electrons. The Morgan fingerprint density at radius 1 is 0.447 bits per heavy atom. The molecule has 1 aliphatic carbocycles. The lowest BCUT2D eigenvalue weighted by Gasteiger charge is -2.22. The molecule has 0 fully saturated rings. The Hall–Kier alpha value is -5.93. The second-order valence-corrected chi connectivity index (χ2v) is 12.9. The molecule has 0 aliphatic heterocycles. The van der Waals surface area contributed by atoms with Crippen LogP contribution < -0.4 is 0 Å². The normalized spacial score (nSPS) is 13.1. The van der Waals surface area contributed by atoms with Gasteiger partial charge in [0.25, 0.3) is 0 Å². The predicted molar refractivity (Wildman–Crippen MR) is 194 cm³/mol. The maximum absolute atomic E-state index is 5.23. The Morgan fingerprint density at radius 2 is 1.15 bits per heavy atom. The van der Waals surface area contributed by atoms with Gasteiger partial charge in [0.2, 0.25) is 0 Å². The van der Waals surface area contributed by atoms with E-state index in [-0.39, 0.29) is 5.41 Å². The van der Waals surface area contributed by atoms with Crippen molar-refractivity contribution in [1.82, 2.24) is 15.0 Å². The topological polar surface area (TPSA) is 38.7 Å². The molecular formula is C44H31N3. The highest BCUT2D eigenvalue weighted by molar-refractivity contribution is 6.00. The van der Waals surface area contributed by atoms with Gasteiger partial charge in [-0.15, -0.1) is 0 Å². The summed E-state index contributed by atoms with van der Waals surface area (Å²) in [6.45, 7) is 4.70. The SMILES string of the molecule is CC1(C)c2cc3ccccc3cc2-c2c(-c3ccccc3-c3cc(-c4ccc5ncccc5c4)nc(-c4ccccc4)n3)cccc21. The van der Waals surface area contributed by atoms with Gasteiger partial charge in [0.05, 0.1) is 16.9 Å². The zero-order chi connectivity index (χ0) is 31.5.